The van der Waals surface area contributed by atoms with Crippen LogP contribution >= 0.6 is 0 Å². The quantitative estimate of drug-likeness (QED) is 0.638. The summed E-state index contributed by atoms with van der Waals surface area (Å²) in [6.45, 7) is 5.78. The number of carbonyl (C=O) groups is 2. The van der Waals surface area contributed by atoms with Gasteiger partial charge in [0.05, 0.1) is 32.5 Å². The molecule has 1 aromatic rings. The molecule has 2 rings (SSSR count). The predicted octanol–water partition coefficient (Wildman–Crippen LogP) is 2.50. The molecule has 1 N–H and O–H groups in total. The molecule has 1 amide bonds. The van der Waals surface area contributed by atoms with Crippen LogP contribution in [0.25, 0.3) is 0 Å². The lowest BCUT2D eigenvalue weighted by molar-refractivity contribution is -0.109. The van der Waals surface area contributed by atoms with E-state index in [0.29, 0.717) is 38.4 Å². The lowest BCUT2D eigenvalue weighted by atomic mass is 10.1. The topological polar surface area (TPSA) is 64.6 Å². The minimum Gasteiger partial charge on any atom is -0.375 e. The van der Waals surface area contributed by atoms with Crippen LogP contribution in [-0.2, 0) is 20.9 Å². The standard InChI is InChI=1S/C16H19NO4.C2H6/c18-11-14-6-3-4-8-20-9-10-21-12-13-5-1-2-7-15(13)16(19)17-14;1-2/h1-5,7,11,14H,6,8-10,12H2,(H,17,19);1-2H3/b4-3+;/t14-;/m0./s1. The van der Waals surface area contributed by atoms with Crippen molar-refractivity contribution in [1.29, 1.82) is 0 Å². The maximum Gasteiger partial charge on any atom is 0.252 e. The molecular formula is C18H25NO4. The van der Waals surface area contributed by atoms with Gasteiger partial charge in [0.25, 0.3) is 5.91 Å². The zero-order valence-electron chi connectivity index (χ0n) is 13.8. The second-order valence-corrected chi connectivity index (χ2v) is 4.71. The molecule has 0 bridgehead atoms. The van der Waals surface area contributed by atoms with E-state index in [0.717, 1.165) is 11.8 Å². The number of fused-ring (bicyclic) bond motifs is 1. The van der Waals surface area contributed by atoms with Crippen LogP contribution in [0.15, 0.2) is 36.4 Å². The molecule has 1 atom stereocenters. The largest absolute Gasteiger partial charge is 0.375 e. The molecule has 0 radical (unpaired) electrons. The van der Waals surface area contributed by atoms with Gasteiger partial charge in [0, 0.05) is 5.56 Å². The average Bonchev–Trinajstić information content (AvgIpc) is 2.60. The smallest absolute Gasteiger partial charge is 0.252 e. The lowest BCUT2D eigenvalue weighted by Gasteiger charge is -2.14. The molecule has 0 aromatic heterocycles. The monoisotopic (exact) mass is 319 g/mol. The second-order valence-electron chi connectivity index (χ2n) is 4.71. The Morgan fingerprint density at radius 2 is 1.87 bits per heavy atom. The average molecular weight is 319 g/mol. The Kier molecular flexibility index (Phi) is 9.59. The zero-order valence-corrected chi connectivity index (χ0v) is 13.8. The summed E-state index contributed by atoms with van der Waals surface area (Å²) >= 11 is 0. The van der Waals surface area contributed by atoms with E-state index in [1.165, 1.54) is 0 Å². The summed E-state index contributed by atoms with van der Waals surface area (Å²) in [5, 5.41) is 2.72. The number of carbonyl (C=O) groups excluding carboxylic acids is 2. The first kappa shape index (κ1) is 19.1. The van der Waals surface area contributed by atoms with E-state index in [1.807, 2.05) is 38.1 Å². The van der Waals surface area contributed by atoms with Gasteiger partial charge >= 0.3 is 0 Å². The van der Waals surface area contributed by atoms with E-state index < -0.39 is 6.04 Å². The van der Waals surface area contributed by atoms with Crippen molar-refractivity contribution < 1.29 is 19.1 Å². The Morgan fingerprint density at radius 3 is 2.65 bits per heavy atom. The summed E-state index contributed by atoms with van der Waals surface area (Å²) in [6, 6.07) is 6.69. The highest BCUT2D eigenvalue weighted by Crippen LogP contribution is 2.11. The number of aldehydes is 1. The zero-order chi connectivity index (χ0) is 16.9. The molecule has 1 aromatic carbocycles. The number of nitrogens with one attached hydrogen (secondary N) is 1. The van der Waals surface area contributed by atoms with E-state index in [-0.39, 0.29) is 5.91 Å². The predicted molar refractivity (Wildman–Crippen MR) is 89.3 cm³/mol. The molecule has 23 heavy (non-hydrogen) atoms. The van der Waals surface area contributed by atoms with Gasteiger partial charge < -0.3 is 19.6 Å². The van der Waals surface area contributed by atoms with E-state index in [9.17, 15) is 9.59 Å². The normalized spacial score (nSPS) is 20.8. The minimum atomic E-state index is -0.536. The fourth-order valence-corrected chi connectivity index (χ4v) is 2.02. The number of rotatable bonds is 1. The molecule has 0 spiro atoms. The summed E-state index contributed by atoms with van der Waals surface area (Å²) < 4.78 is 10.9. The van der Waals surface area contributed by atoms with E-state index >= 15 is 0 Å². The minimum absolute atomic E-state index is 0.256. The molecule has 0 aliphatic carbocycles. The van der Waals surface area contributed by atoms with Crippen molar-refractivity contribution in [2.75, 3.05) is 19.8 Å². The highest BCUT2D eigenvalue weighted by Gasteiger charge is 2.15. The Morgan fingerprint density at radius 1 is 1.13 bits per heavy atom. The summed E-state index contributed by atoms with van der Waals surface area (Å²) in [5.74, 6) is -0.256. The molecule has 1 aliphatic heterocycles. The van der Waals surface area contributed by atoms with Gasteiger partial charge in [-0.2, -0.15) is 0 Å². The van der Waals surface area contributed by atoms with Gasteiger partial charge in [-0.25, -0.2) is 0 Å². The van der Waals surface area contributed by atoms with Crippen LogP contribution in [0.3, 0.4) is 0 Å². The van der Waals surface area contributed by atoms with Crippen molar-refractivity contribution in [1.82, 2.24) is 5.32 Å². The number of hydrogen-bond acceptors (Lipinski definition) is 4. The molecule has 0 saturated heterocycles. The number of benzene rings is 1. The van der Waals surface area contributed by atoms with Gasteiger partial charge in [0.15, 0.2) is 0 Å². The van der Waals surface area contributed by atoms with E-state index in [4.69, 9.17) is 9.47 Å². The molecule has 5 heteroatoms. The Bertz CT molecular complexity index is 513. The van der Waals surface area contributed by atoms with Crippen LogP contribution < -0.4 is 5.32 Å². The number of amides is 1. The maximum atomic E-state index is 12.3. The van der Waals surface area contributed by atoms with Crippen LogP contribution in [-0.4, -0.2) is 38.1 Å². The van der Waals surface area contributed by atoms with Crippen LogP contribution in [0.2, 0.25) is 0 Å². The number of ether oxygens (including phenoxy) is 2. The summed E-state index contributed by atoms with van der Waals surface area (Å²) in [5.41, 5.74) is 1.33. The summed E-state index contributed by atoms with van der Waals surface area (Å²) in [4.78, 5) is 23.3. The Hall–Kier alpha value is -1.98. The fourth-order valence-electron chi connectivity index (χ4n) is 2.02. The fraction of sp³-hybridized carbons (Fsp3) is 0.444. The molecule has 126 valence electrons. The maximum absolute atomic E-state index is 12.3. The van der Waals surface area contributed by atoms with Gasteiger partial charge in [0.2, 0.25) is 0 Å². The molecular weight excluding hydrogens is 294 g/mol. The molecule has 1 aliphatic rings. The van der Waals surface area contributed by atoms with Crippen molar-refractivity contribution in [3.8, 4) is 0 Å². The van der Waals surface area contributed by atoms with Crippen LogP contribution in [0.1, 0.15) is 36.2 Å². The van der Waals surface area contributed by atoms with Crippen molar-refractivity contribution in [3.63, 3.8) is 0 Å². The van der Waals surface area contributed by atoms with E-state index in [1.54, 1.807) is 12.1 Å². The molecule has 0 fully saturated rings. The SMILES string of the molecule is CC.O=C[C@@H]1C/C=C/COCCOCc2ccccc2C(=O)N1. The van der Waals surface area contributed by atoms with Crippen molar-refractivity contribution in [2.45, 2.75) is 32.9 Å². The number of hydrogen-bond donors (Lipinski definition) is 1. The van der Waals surface area contributed by atoms with E-state index in [2.05, 4.69) is 5.32 Å². The van der Waals surface area contributed by atoms with Gasteiger partial charge in [-0.3, -0.25) is 4.79 Å². The van der Waals surface area contributed by atoms with Crippen molar-refractivity contribution in [2.24, 2.45) is 0 Å². The third-order valence-electron chi connectivity index (χ3n) is 3.14. The van der Waals surface area contributed by atoms with Gasteiger partial charge in [-0.1, -0.05) is 44.2 Å². The van der Waals surface area contributed by atoms with Crippen LogP contribution in [0.4, 0.5) is 0 Å². The first-order valence-electron chi connectivity index (χ1n) is 7.96. The van der Waals surface area contributed by atoms with Crippen molar-refractivity contribution in [3.05, 3.63) is 47.5 Å². The Labute approximate surface area is 137 Å². The van der Waals surface area contributed by atoms with Crippen molar-refractivity contribution >= 4 is 12.2 Å². The third kappa shape index (κ3) is 6.76. The van der Waals surface area contributed by atoms with Crippen LogP contribution in [0, 0.1) is 0 Å². The second kappa shape index (κ2) is 11.6. The Balaban J connectivity index is 0.00000127. The molecule has 0 unspecified atom stereocenters. The molecule has 1 heterocycles. The highest BCUT2D eigenvalue weighted by atomic mass is 16.5. The first-order chi connectivity index (χ1) is 11.3. The van der Waals surface area contributed by atoms with Gasteiger partial charge in [0.1, 0.15) is 6.29 Å². The summed E-state index contributed by atoms with van der Waals surface area (Å²) in [7, 11) is 0. The highest BCUT2D eigenvalue weighted by molar-refractivity contribution is 5.97. The van der Waals surface area contributed by atoms with Crippen LogP contribution in [0.5, 0.6) is 0 Å². The van der Waals surface area contributed by atoms with Gasteiger partial charge in [-0.05, 0) is 18.1 Å². The molecule has 5 nitrogen and oxygen atoms in total. The first-order valence-corrected chi connectivity index (χ1v) is 7.96. The summed E-state index contributed by atoms with van der Waals surface area (Å²) in [6.07, 6.45) is 4.87. The third-order valence-corrected chi connectivity index (χ3v) is 3.14. The molecule has 0 saturated carbocycles. The lowest BCUT2D eigenvalue weighted by Crippen LogP contribution is -2.36. The van der Waals surface area contributed by atoms with Gasteiger partial charge in [-0.15, -0.1) is 0 Å².